The Morgan fingerprint density at radius 1 is 1.40 bits per heavy atom. The number of nitrogens with one attached hydrogen (secondary N) is 1. The van der Waals surface area contributed by atoms with Crippen molar-refractivity contribution in [3.8, 4) is 0 Å². The van der Waals surface area contributed by atoms with Gasteiger partial charge in [-0.3, -0.25) is 4.79 Å². The first-order valence-corrected chi connectivity index (χ1v) is 6.79. The number of benzene rings is 1. The Balaban J connectivity index is 2.11. The molecule has 0 unspecified atom stereocenters. The number of nitrogens with zero attached hydrogens (tertiary/aromatic N) is 1. The van der Waals surface area contributed by atoms with Crippen LogP contribution in [0.25, 0.3) is 10.9 Å². The average molecular weight is 272 g/mol. The second-order valence-corrected chi connectivity index (χ2v) is 4.78. The van der Waals surface area contributed by atoms with Crippen LogP contribution in [0.2, 0.25) is 0 Å². The molecule has 0 saturated carbocycles. The van der Waals surface area contributed by atoms with Crippen molar-refractivity contribution in [1.29, 1.82) is 0 Å². The van der Waals surface area contributed by atoms with Crippen molar-refractivity contribution in [3.63, 3.8) is 0 Å². The van der Waals surface area contributed by atoms with Crippen LogP contribution in [-0.2, 0) is 11.3 Å². The summed E-state index contributed by atoms with van der Waals surface area (Å²) in [5, 5.41) is 3.83. The SMILES string of the molecule is CCOC(=O)c1ccc2cc3n(c2c1)CCCNC3=O. The molecule has 0 radical (unpaired) electrons. The predicted molar refractivity (Wildman–Crippen MR) is 74.8 cm³/mol. The maximum absolute atomic E-state index is 12.0. The summed E-state index contributed by atoms with van der Waals surface area (Å²) in [6, 6.07) is 7.26. The number of carbonyl (C=O) groups excluding carboxylic acids is 2. The fourth-order valence-corrected chi connectivity index (χ4v) is 2.55. The van der Waals surface area contributed by atoms with Gasteiger partial charge in [-0.2, -0.15) is 0 Å². The Hall–Kier alpha value is -2.30. The number of amides is 1. The van der Waals surface area contributed by atoms with Gasteiger partial charge in [0, 0.05) is 24.0 Å². The van der Waals surface area contributed by atoms with Crippen LogP contribution >= 0.6 is 0 Å². The van der Waals surface area contributed by atoms with Crippen molar-refractivity contribution in [2.24, 2.45) is 0 Å². The van der Waals surface area contributed by atoms with E-state index in [1.165, 1.54) is 0 Å². The quantitative estimate of drug-likeness (QED) is 0.850. The third kappa shape index (κ3) is 2.05. The predicted octanol–water partition coefficient (Wildman–Crippen LogP) is 1.95. The largest absolute Gasteiger partial charge is 0.462 e. The highest BCUT2D eigenvalue weighted by atomic mass is 16.5. The van der Waals surface area contributed by atoms with E-state index in [1.54, 1.807) is 19.1 Å². The van der Waals surface area contributed by atoms with E-state index in [1.807, 2.05) is 16.7 Å². The van der Waals surface area contributed by atoms with Gasteiger partial charge in [0.2, 0.25) is 0 Å². The summed E-state index contributed by atoms with van der Waals surface area (Å²) in [6.07, 6.45) is 0.881. The molecule has 5 heteroatoms. The van der Waals surface area contributed by atoms with Crippen molar-refractivity contribution >= 4 is 22.8 Å². The summed E-state index contributed by atoms with van der Waals surface area (Å²) in [7, 11) is 0. The highest BCUT2D eigenvalue weighted by molar-refractivity contribution is 6.01. The monoisotopic (exact) mass is 272 g/mol. The first-order valence-electron chi connectivity index (χ1n) is 6.79. The zero-order chi connectivity index (χ0) is 14.1. The maximum Gasteiger partial charge on any atom is 0.338 e. The summed E-state index contributed by atoms with van der Waals surface area (Å²) in [4.78, 5) is 23.8. The molecule has 104 valence electrons. The second-order valence-electron chi connectivity index (χ2n) is 4.78. The molecule has 2 heterocycles. The van der Waals surface area contributed by atoms with Crippen LogP contribution in [0.3, 0.4) is 0 Å². The van der Waals surface area contributed by atoms with Crippen LogP contribution in [0.15, 0.2) is 24.3 Å². The molecular formula is C15H16N2O3. The highest BCUT2D eigenvalue weighted by Crippen LogP contribution is 2.23. The lowest BCUT2D eigenvalue weighted by Crippen LogP contribution is -2.22. The summed E-state index contributed by atoms with van der Waals surface area (Å²) >= 11 is 0. The number of ether oxygens (including phenoxy) is 1. The fourth-order valence-electron chi connectivity index (χ4n) is 2.55. The topological polar surface area (TPSA) is 60.3 Å². The van der Waals surface area contributed by atoms with Gasteiger partial charge in [-0.25, -0.2) is 4.79 Å². The van der Waals surface area contributed by atoms with Gasteiger partial charge >= 0.3 is 5.97 Å². The molecule has 1 N–H and O–H groups in total. The minimum atomic E-state index is -0.331. The van der Waals surface area contributed by atoms with Gasteiger partial charge < -0.3 is 14.6 Å². The minimum absolute atomic E-state index is 0.0589. The number of rotatable bonds is 2. The molecule has 3 rings (SSSR count). The van der Waals surface area contributed by atoms with Gasteiger partial charge in [0.1, 0.15) is 5.69 Å². The average Bonchev–Trinajstić information content (AvgIpc) is 2.71. The lowest BCUT2D eigenvalue weighted by Gasteiger charge is -2.06. The van der Waals surface area contributed by atoms with Crippen LogP contribution in [0.4, 0.5) is 0 Å². The van der Waals surface area contributed by atoms with Crippen molar-refractivity contribution < 1.29 is 14.3 Å². The first kappa shape index (κ1) is 12.7. The summed E-state index contributed by atoms with van der Waals surface area (Å²) < 4.78 is 6.99. The zero-order valence-corrected chi connectivity index (χ0v) is 11.3. The smallest absolute Gasteiger partial charge is 0.338 e. The molecule has 5 nitrogen and oxygen atoms in total. The number of carbonyl (C=O) groups is 2. The summed E-state index contributed by atoms with van der Waals surface area (Å²) in [6.45, 7) is 3.58. The first-order chi connectivity index (χ1) is 9.70. The number of hydrogen-bond acceptors (Lipinski definition) is 3. The van der Waals surface area contributed by atoms with Crippen LogP contribution in [0.1, 0.15) is 34.2 Å². The van der Waals surface area contributed by atoms with Gasteiger partial charge in [-0.05, 0) is 31.5 Å². The van der Waals surface area contributed by atoms with E-state index in [4.69, 9.17) is 4.74 Å². The van der Waals surface area contributed by atoms with E-state index >= 15 is 0 Å². The van der Waals surface area contributed by atoms with E-state index < -0.39 is 0 Å². The number of aromatic nitrogens is 1. The Kier molecular flexibility index (Phi) is 3.18. The van der Waals surface area contributed by atoms with Crippen LogP contribution in [0.5, 0.6) is 0 Å². The third-order valence-corrected chi connectivity index (χ3v) is 3.49. The molecule has 1 aromatic carbocycles. The molecule has 0 fully saturated rings. The lowest BCUT2D eigenvalue weighted by atomic mass is 10.1. The molecule has 0 aliphatic carbocycles. The van der Waals surface area contributed by atoms with Gasteiger partial charge in [0.15, 0.2) is 0 Å². The summed E-state index contributed by atoms with van der Waals surface area (Å²) in [5.41, 5.74) is 2.08. The molecule has 0 bridgehead atoms. The number of fused-ring (bicyclic) bond motifs is 3. The van der Waals surface area contributed by atoms with Crippen LogP contribution in [0, 0.1) is 0 Å². The molecule has 1 aliphatic rings. The fraction of sp³-hybridized carbons (Fsp3) is 0.333. The Morgan fingerprint density at radius 3 is 3.05 bits per heavy atom. The van der Waals surface area contributed by atoms with E-state index in [9.17, 15) is 9.59 Å². The van der Waals surface area contributed by atoms with Gasteiger partial charge in [0.25, 0.3) is 5.91 Å². The maximum atomic E-state index is 12.0. The van der Waals surface area contributed by atoms with E-state index in [2.05, 4.69) is 5.32 Å². The normalized spacial score (nSPS) is 14.6. The van der Waals surface area contributed by atoms with Gasteiger partial charge in [0.05, 0.1) is 12.2 Å². The van der Waals surface area contributed by atoms with Crippen molar-refractivity contribution in [2.75, 3.05) is 13.2 Å². The molecule has 0 atom stereocenters. The molecule has 1 amide bonds. The van der Waals surface area contributed by atoms with Gasteiger partial charge in [-0.1, -0.05) is 6.07 Å². The highest BCUT2D eigenvalue weighted by Gasteiger charge is 2.19. The van der Waals surface area contributed by atoms with E-state index in [0.717, 1.165) is 23.9 Å². The van der Waals surface area contributed by atoms with Crippen LogP contribution < -0.4 is 5.32 Å². The molecule has 20 heavy (non-hydrogen) atoms. The number of hydrogen-bond donors (Lipinski definition) is 1. The minimum Gasteiger partial charge on any atom is -0.462 e. The molecule has 2 aromatic rings. The van der Waals surface area contributed by atoms with Crippen molar-refractivity contribution in [2.45, 2.75) is 19.9 Å². The molecular weight excluding hydrogens is 256 g/mol. The standard InChI is InChI=1S/C15H16N2O3/c1-2-20-15(19)11-5-4-10-8-13-14(18)16-6-3-7-17(13)12(10)9-11/h4-5,8-9H,2-3,6-7H2,1H3,(H,16,18). The van der Waals surface area contributed by atoms with E-state index in [0.29, 0.717) is 24.4 Å². The van der Waals surface area contributed by atoms with Gasteiger partial charge in [-0.15, -0.1) is 0 Å². The molecule has 0 spiro atoms. The van der Waals surface area contributed by atoms with Crippen molar-refractivity contribution in [1.82, 2.24) is 9.88 Å². The number of esters is 1. The lowest BCUT2D eigenvalue weighted by molar-refractivity contribution is 0.0526. The second kappa shape index (κ2) is 5.00. The Bertz CT molecular complexity index is 688. The molecule has 0 saturated heterocycles. The third-order valence-electron chi connectivity index (χ3n) is 3.49. The van der Waals surface area contributed by atoms with E-state index in [-0.39, 0.29) is 11.9 Å². The number of aryl methyl sites for hydroxylation is 1. The summed E-state index contributed by atoms with van der Waals surface area (Å²) in [5.74, 6) is -0.389. The zero-order valence-electron chi connectivity index (χ0n) is 11.3. The Labute approximate surface area is 116 Å². The Morgan fingerprint density at radius 2 is 2.25 bits per heavy atom. The molecule has 1 aromatic heterocycles. The molecule has 1 aliphatic heterocycles. The van der Waals surface area contributed by atoms with Crippen LogP contribution in [-0.4, -0.2) is 29.6 Å². The van der Waals surface area contributed by atoms with Crippen molar-refractivity contribution in [3.05, 3.63) is 35.5 Å².